The number of carbonyl (C=O) groups is 3. The van der Waals surface area contributed by atoms with Crippen LogP contribution in [0.25, 0.3) is 10.8 Å². The topological polar surface area (TPSA) is 193 Å². The summed E-state index contributed by atoms with van der Waals surface area (Å²) in [6, 6.07) is 8.55. The summed E-state index contributed by atoms with van der Waals surface area (Å²) < 4.78 is 68.0. The first-order valence-electron chi connectivity index (χ1n) is 18.8. The van der Waals surface area contributed by atoms with Crippen LogP contribution in [-0.2, 0) is 29.6 Å². The van der Waals surface area contributed by atoms with Crippen LogP contribution in [0.4, 0.5) is 10.5 Å². The zero-order chi connectivity index (χ0) is 41.7. The van der Waals surface area contributed by atoms with Crippen molar-refractivity contribution in [2.45, 2.75) is 94.2 Å². The molecule has 308 valence electrons. The number of hydrogen-bond acceptors (Lipinski definition) is 11. The highest BCUT2D eigenvalue weighted by molar-refractivity contribution is 7.91. The van der Waals surface area contributed by atoms with Crippen molar-refractivity contribution in [3.05, 3.63) is 66.3 Å². The van der Waals surface area contributed by atoms with Gasteiger partial charge in [-0.2, -0.15) is 0 Å². The van der Waals surface area contributed by atoms with Crippen molar-refractivity contribution in [3.8, 4) is 11.6 Å². The predicted octanol–water partition coefficient (Wildman–Crippen LogP) is 5.07. The van der Waals surface area contributed by atoms with Crippen LogP contribution >= 0.6 is 11.6 Å². The van der Waals surface area contributed by atoms with Gasteiger partial charge in [0.1, 0.15) is 23.4 Å². The molecule has 1 aromatic heterocycles. The van der Waals surface area contributed by atoms with E-state index in [-0.39, 0.29) is 30.3 Å². The van der Waals surface area contributed by atoms with Crippen molar-refractivity contribution in [3.63, 3.8) is 0 Å². The van der Waals surface area contributed by atoms with E-state index < -0.39 is 78.2 Å². The Labute approximate surface area is 338 Å². The molecule has 3 aromatic rings. The molecule has 2 saturated carbocycles. The minimum Gasteiger partial charge on any atom is -0.494 e. The third-order valence-electron chi connectivity index (χ3n) is 10.7. The van der Waals surface area contributed by atoms with E-state index in [1.54, 1.807) is 52.8 Å². The number of aromatic nitrogens is 1. The van der Waals surface area contributed by atoms with E-state index in [0.29, 0.717) is 41.1 Å². The van der Waals surface area contributed by atoms with E-state index in [1.807, 2.05) is 0 Å². The van der Waals surface area contributed by atoms with Crippen LogP contribution in [0.3, 0.4) is 0 Å². The van der Waals surface area contributed by atoms with Gasteiger partial charge in [-0.15, -0.1) is 6.58 Å². The summed E-state index contributed by atoms with van der Waals surface area (Å²) in [6.07, 6.45) is 3.47. The monoisotopic (exact) mass is 844 g/mol. The Hall–Kier alpha value is -4.45. The Morgan fingerprint density at radius 1 is 1.11 bits per heavy atom. The number of rotatable bonds is 14. The molecule has 18 heteroatoms. The van der Waals surface area contributed by atoms with Crippen molar-refractivity contribution >= 4 is 66.0 Å². The molecule has 0 spiro atoms. The minimum atomic E-state index is -4.07. The molecule has 2 aliphatic carbocycles. The summed E-state index contributed by atoms with van der Waals surface area (Å²) in [5, 5.41) is 4.21. The second-order valence-corrected chi connectivity index (χ2v) is 20.0. The van der Waals surface area contributed by atoms with Gasteiger partial charge < -0.3 is 19.7 Å². The molecule has 6 rings (SSSR count). The molecule has 57 heavy (non-hydrogen) atoms. The van der Waals surface area contributed by atoms with Gasteiger partial charge in [0.05, 0.1) is 30.0 Å². The standard InChI is InChI=1S/C39H49ClN6O9S2/c1-8-24-20-39(24,36(48)44-57(52,53)29-15-16-29)46(35(47)33(38(4,5)6)43-26-11-13-28(14-12-26)56(50,51)42-9-2)37(49)45-22-27(18-23(45)3)55-34-31-19-25(40)10-17-30(31)32(54-7)21-41-34/h8,10-14,17,19,21,23-24,27,29,33,42-43H,1,9,15-16,18,20,22H2,2-7H3,(H,44,48)/t23?,24-,27-,33-,39-/m1/s1. The highest BCUT2D eigenvalue weighted by atomic mass is 35.5. The number of anilines is 1. The number of likely N-dealkylation sites (tertiary alicyclic amines) is 1. The van der Waals surface area contributed by atoms with E-state index in [9.17, 15) is 21.6 Å². The number of benzene rings is 2. The summed E-state index contributed by atoms with van der Waals surface area (Å²) in [7, 11) is -6.31. The number of imide groups is 1. The van der Waals surface area contributed by atoms with Crippen molar-refractivity contribution in [1.82, 2.24) is 24.2 Å². The number of methoxy groups -OCH3 is 1. The lowest BCUT2D eigenvalue weighted by molar-refractivity contribution is -0.141. The van der Waals surface area contributed by atoms with Gasteiger partial charge in [-0.1, -0.05) is 45.4 Å². The van der Waals surface area contributed by atoms with Crippen molar-refractivity contribution in [1.29, 1.82) is 0 Å². The number of hydrogen-bond donors (Lipinski definition) is 3. The fourth-order valence-electron chi connectivity index (χ4n) is 7.30. The number of carbonyl (C=O) groups excluding carboxylic acids is 3. The van der Waals surface area contributed by atoms with E-state index in [2.05, 4.69) is 26.3 Å². The van der Waals surface area contributed by atoms with Gasteiger partial charge in [0.15, 0.2) is 0 Å². The van der Waals surface area contributed by atoms with Crippen LogP contribution in [0.5, 0.6) is 11.6 Å². The maximum Gasteiger partial charge on any atom is 0.328 e. The van der Waals surface area contributed by atoms with Crippen LogP contribution in [0, 0.1) is 11.3 Å². The summed E-state index contributed by atoms with van der Waals surface area (Å²) in [5.41, 5.74) is -2.43. The first-order chi connectivity index (χ1) is 26.8. The first kappa shape index (κ1) is 42.2. The summed E-state index contributed by atoms with van der Waals surface area (Å²) in [4.78, 5) is 51.3. The minimum absolute atomic E-state index is 0.00568. The molecule has 3 N–H and O–H groups in total. The van der Waals surface area contributed by atoms with Crippen LogP contribution in [0.1, 0.15) is 60.3 Å². The van der Waals surface area contributed by atoms with Gasteiger partial charge in [-0.25, -0.2) is 36.2 Å². The molecule has 15 nitrogen and oxygen atoms in total. The lowest BCUT2D eigenvalue weighted by atomic mass is 9.85. The van der Waals surface area contributed by atoms with Crippen molar-refractivity contribution in [2.24, 2.45) is 11.3 Å². The molecule has 1 saturated heterocycles. The second-order valence-electron chi connectivity index (χ2n) is 15.9. The predicted molar refractivity (Wildman–Crippen MR) is 216 cm³/mol. The Kier molecular flexibility index (Phi) is 11.6. The van der Waals surface area contributed by atoms with Gasteiger partial charge in [0, 0.05) is 46.4 Å². The smallest absolute Gasteiger partial charge is 0.328 e. The van der Waals surface area contributed by atoms with Crippen molar-refractivity contribution < 1.29 is 40.7 Å². The molecule has 1 aliphatic heterocycles. The van der Waals surface area contributed by atoms with Gasteiger partial charge in [-0.3, -0.25) is 14.3 Å². The SMILES string of the molecule is C=C[C@@H]1C[C@@]1(C(=O)NS(=O)(=O)C1CC1)N(C(=O)[C@@H](Nc1ccc(S(=O)(=O)NCC)cc1)C(C)(C)C)C(=O)N1C[C@H](Oc2ncc(OC)c3ccc(Cl)cc23)CC1C. The van der Waals surface area contributed by atoms with Gasteiger partial charge in [-0.05, 0) is 74.1 Å². The maximum absolute atomic E-state index is 15.2. The Morgan fingerprint density at radius 2 is 1.79 bits per heavy atom. The molecular weight excluding hydrogens is 796 g/mol. The molecule has 2 heterocycles. The van der Waals surface area contributed by atoms with Gasteiger partial charge in [0.2, 0.25) is 25.9 Å². The normalized spacial score (nSPS) is 22.7. The number of pyridine rings is 1. The number of halogens is 1. The van der Waals surface area contributed by atoms with E-state index in [0.717, 1.165) is 10.3 Å². The number of ether oxygens (including phenoxy) is 2. The summed E-state index contributed by atoms with van der Waals surface area (Å²) >= 11 is 6.34. The molecule has 4 amide bonds. The molecule has 1 unspecified atom stereocenters. The average Bonchev–Trinajstić information content (AvgIpc) is 4.08. The second kappa shape index (κ2) is 15.7. The number of urea groups is 1. The third kappa shape index (κ3) is 8.43. The van der Waals surface area contributed by atoms with E-state index >= 15 is 9.59 Å². The van der Waals surface area contributed by atoms with E-state index in [1.165, 1.54) is 48.5 Å². The Balaban J connectivity index is 1.36. The molecule has 0 bridgehead atoms. The summed E-state index contributed by atoms with van der Waals surface area (Å²) in [6.45, 7) is 12.8. The third-order valence-corrected chi connectivity index (χ3v) is 14.3. The molecular formula is C39H49ClN6O9S2. The number of fused-ring (bicyclic) bond motifs is 1. The lowest BCUT2D eigenvalue weighted by Crippen LogP contribution is -2.64. The lowest BCUT2D eigenvalue weighted by Gasteiger charge is -2.40. The van der Waals surface area contributed by atoms with Gasteiger partial charge in [0.25, 0.3) is 11.8 Å². The number of amides is 4. The van der Waals surface area contributed by atoms with Gasteiger partial charge >= 0.3 is 6.03 Å². The maximum atomic E-state index is 15.2. The fourth-order valence-corrected chi connectivity index (χ4v) is 9.88. The summed E-state index contributed by atoms with van der Waals surface area (Å²) in [5.74, 6) is -1.74. The Morgan fingerprint density at radius 3 is 2.37 bits per heavy atom. The fraction of sp³-hybridized carbons (Fsp3) is 0.487. The zero-order valence-electron chi connectivity index (χ0n) is 32.7. The number of sulfonamides is 2. The van der Waals surface area contributed by atoms with Crippen LogP contribution < -0.4 is 24.2 Å². The highest BCUT2D eigenvalue weighted by Crippen LogP contribution is 2.52. The zero-order valence-corrected chi connectivity index (χ0v) is 35.1. The number of nitrogens with zero attached hydrogens (tertiary/aromatic N) is 3. The molecule has 3 fully saturated rings. The van der Waals surface area contributed by atoms with Crippen LogP contribution in [0.2, 0.25) is 5.02 Å². The van der Waals surface area contributed by atoms with Crippen LogP contribution in [-0.4, -0.2) is 98.6 Å². The molecule has 0 radical (unpaired) electrons. The molecule has 3 aliphatic rings. The quantitative estimate of drug-likeness (QED) is 0.184. The number of nitrogens with one attached hydrogen (secondary N) is 3. The van der Waals surface area contributed by atoms with E-state index in [4.69, 9.17) is 21.1 Å². The van der Waals surface area contributed by atoms with Crippen LogP contribution in [0.15, 0.2) is 66.2 Å². The molecule has 2 aromatic carbocycles. The largest absolute Gasteiger partial charge is 0.494 e. The first-order valence-corrected chi connectivity index (χ1v) is 22.2. The highest BCUT2D eigenvalue weighted by Gasteiger charge is 2.68. The molecule has 5 atom stereocenters. The Bertz CT molecular complexity index is 2300. The average molecular weight is 845 g/mol. The van der Waals surface area contributed by atoms with Crippen molar-refractivity contribution in [2.75, 3.05) is 25.5 Å².